The number of hydrogen-bond acceptors (Lipinski definition) is 2. The zero-order chi connectivity index (χ0) is 17.9. The molecule has 0 bridgehead atoms. The third kappa shape index (κ3) is 5.91. The lowest BCUT2D eigenvalue weighted by Gasteiger charge is -2.18. The van der Waals surface area contributed by atoms with Crippen LogP contribution < -0.4 is 9.47 Å². The summed E-state index contributed by atoms with van der Waals surface area (Å²) in [6.07, 6.45) is -0.400. The average molecular weight is 346 g/mol. The zero-order valence-electron chi connectivity index (χ0n) is 13.4. The van der Waals surface area contributed by atoms with E-state index < -0.39 is 24.0 Å². The number of alkyl halides is 4. The van der Waals surface area contributed by atoms with Gasteiger partial charge in [0.2, 0.25) is 0 Å². The minimum absolute atomic E-state index is 0.147. The number of unbranched alkanes of at least 4 members (excludes halogenated alkanes) is 2. The Hall–Kier alpha value is -1.98. The van der Waals surface area contributed by atoms with Gasteiger partial charge in [-0.1, -0.05) is 12.2 Å². The molecule has 0 fully saturated rings. The molecule has 0 N–H and O–H groups in total. The first-order valence-electron chi connectivity index (χ1n) is 7.73. The lowest BCUT2D eigenvalue weighted by molar-refractivity contribution is 0.115. The first-order chi connectivity index (χ1) is 11.5. The van der Waals surface area contributed by atoms with Gasteiger partial charge in [0.1, 0.15) is 11.5 Å². The van der Waals surface area contributed by atoms with Crippen LogP contribution in [0.2, 0.25) is 0 Å². The van der Waals surface area contributed by atoms with Crippen LogP contribution in [0.5, 0.6) is 11.5 Å². The fraction of sp³-hybridized carbons (Fsp3) is 0.444. The van der Waals surface area contributed by atoms with E-state index in [-0.39, 0.29) is 24.7 Å². The van der Waals surface area contributed by atoms with Crippen molar-refractivity contribution < 1.29 is 27.0 Å². The number of halogens is 4. The first kappa shape index (κ1) is 20.1. The molecule has 0 amide bonds. The van der Waals surface area contributed by atoms with E-state index in [1.54, 1.807) is 12.2 Å². The molecular formula is C18H22F4O2. The number of benzene rings is 1. The highest BCUT2D eigenvalue weighted by atomic mass is 19.3. The molecule has 0 aliphatic rings. The summed E-state index contributed by atoms with van der Waals surface area (Å²) in [7, 11) is 0. The number of allylic oxidation sites excluding steroid dienone is 2. The largest absolute Gasteiger partial charge is 0.493 e. The van der Waals surface area contributed by atoms with Crippen molar-refractivity contribution in [1.82, 2.24) is 0 Å². The predicted molar refractivity (Wildman–Crippen MR) is 86.2 cm³/mol. The zero-order valence-corrected chi connectivity index (χ0v) is 13.4. The summed E-state index contributed by atoms with van der Waals surface area (Å²) in [5, 5.41) is 0. The summed E-state index contributed by atoms with van der Waals surface area (Å²) >= 11 is 0. The molecule has 0 saturated heterocycles. The Balaban J connectivity index is 3.03. The molecule has 6 heteroatoms. The molecule has 0 saturated carbocycles. The maximum absolute atomic E-state index is 13.3. The molecule has 1 aromatic rings. The van der Waals surface area contributed by atoms with E-state index in [2.05, 4.69) is 13.2 Å². The summed E-state index contributed by atoms with van der Waals surface area (Å²) in [5.74, 6) is -0.467. The molecule has 0 aliphatic heterocycles. The van der Waals surface area contributed by atoms with Crippen LogP contribution >= 0.6 is 0 Å². The van der Waals surface area contributed by atoms with Crippen LogP contribution in [0.3, 0.4) is 0 Å². The van der Waals surface area contributed by atoms with E-state index in [1.165, 1.54) is 12.1 Å². The molecular weight excluding hydrogens is 324 g/mol. The van der Waals surface area contributed by atoms with Crippen molar-refractivity contribution in [2.75, 3.05) is 13.2 Å². The SMILES string of the molecule is C=CCCCOc1ccc(OCCCC=C)c(C(F)F)c1C(F)F. The van der Waals surface area contributed by atoms with Crippen LogP contribution in [-0.4, -0.2) is 13.2 Å². The van der Waals surface area contributed by atoms with Gasteiger partial charge >= 0.3 is 0 Å². The third-order valence-electron chi connectivity index (χ3n) is 3.26. The van der Waals surface area contributed by atoms with Crippen LogP contribution in [0.25, 0.3) is 0 Å². The van der Waals surface area contributed by atoms with Gasteiger partial charge in [0.15, 0.2) is 0 Å². The Morgan fingerprint density at radius 2 is 1.17 bits per heavy atom. The summed E-state index contributed by atoms with van der Waals surface area (Å²) in [4.78, 5) is 0. The second-order valence-electron chi connectivity index (χ2n) is 5.05. The molecule has 0 radical (unpaired) electrons. The second-order valence-corrected chi connectivity index (χ2v) is 5.05. The van der Waals surface area contributed by atoms with Gasteiger partial charge in [-0.2, -0.15) is 0 Å². The normalized spacial score (nSPS) is 10.9. The predicted octanol–water partition coefficient (Wildman–Crippen LogP) is 6.25. The van der Waals surface area contributed by atoms with Crippen molar-refractivity contribution in [3.63, 3.8) is 0 Å². The molecule has 0 aromatic heterocycles. The highest BCUT2D eigenvalue weighted by molar-refractivity contribution is 5.50. The molecule has 2 nitrogen and oxygen atoms in total. The summed E-state index contributed by atoms with van der Waals surface area (Å²) in [6, 6.07) is 2.51. The van der Waals surface area contributed by atoms with Crippen molar-refractivity contribution >= 4 is 0 Å². The fourth-order valence-corrected chi connectivity index (χ4v) is 2.12. The third-order valence-corrected chi connectivity index (χ3v) is 3.26. The fourth-order valence-electron chi connectivity index (χ4n) is 2.12. The average Bonchev–Trinajstić information content (AvgIpc) is 2.55. The van der Waals surface area contributed by atoms with E-state index in [0.717, 1.165) is 0 Å². The quantitative estimate of drug-likeness (QED) is 0.253. The molecule has 0 unspecified atom stereocenters. The maximum Gasteiger partial charge on any atom is 0.268 e. The smallest absolute Gasteiger partial charge is 0.268 e. The molecule has 24 heavy (non-hydrogen) atoms. The van der Waals surface area contributed by atoms with Gasteiger partial charge in [-0.15, -0.1) is 13.2 Å². The van der Waals surface area contributed by atoms with Crippen LogP contribution in [0.4, 0.5) is 17.6 Å². The van der Waals surface area contributed by atoms with Crippen molar-refractivity contribution in [3.05, 3.63) is 48.6 Å². The molecule has 0 heterocycles. The number of rotatable bonds is 12. The Kier molecular flexibility index (Phi) is 8.97. The van der Waals surface area contributed by atoms with Crippen LogP contribution in [-0.2, 0) is 0 Å². The number of ether oxygens (including phenoxy) is 2. The van der Waals surface area contributed by atoms with E-state index in [4.69, 9.17) is 9.47 Å². The maximum atomic E-state index is 13.3. The van der Waals surface area contributed by atoms with Crippen LogP contribution in [0, 0.1) is 0 Å². The Labute approximate surface area is 139 Å². The van der Waals surface area contributed by atoms with Crippen molar-refractivity contribution in [2.45, 2.75) is 38.5 Å². The second kappa shape index (κ2) is 10.7. The van der Waals surface area contributed by atoms with Crippen molar-refractivity contribution in [2.24, 2.45) is 0 Å². The monoisotopic (exact) mass is 346 g/mol. The summed E-state index contributed by atoms with van der Waals surface area (Å²) in [6.45, 7) is 7.38. The lowest BCUT2D eigenvalue weighted by Crippen LogP contribution is -2.07. The van der Waals surface area contributed by atoms with Crippen LogP contribution in [0.15, 0.2) is 37.4 Å². The van der Waals surface area contributed by atoms with Crippen molar-refractivity contribution in [3.8, 4) is 11.5 Å². The van der Waals surface area contributed by atoms with Gasteiger partial charge in [0, 0.05) is 0 Å². The number of hydrogen-bond donors (Lipinski definition) is 0. The minimum atomic E-state index is -3.08. The van der Waals surface area contributed by atoms with Gasteiger partial charge in [-0.3, -0.25) is 0 Å². The molecule has 0 aliphatic carbocycles. The van der Waals surface area contributed by atoms with E-state index in [1.807, 2.05) is 0 Å². The summed E-state index contributed by atoms with van der Waals surface area (Å²) < 4.78 is 63.9. The van der Waals surface area contributed by atoms with E-state index >= 15 is 0 Å². The molecule has 134 valence electrons. The van der Waals surface area contributed by atoms with E-state index in [9.17, 15) is 17.6 Å². The molecule has 0 spiro atoms. The standard InChI is InChI=1S/C18H22F4O2/c1-3-5-7-11-23-13-9-10-14(24-12-8-6-4-2)16(18(21)22)15(13)17(19)20/h3-4,9-10,17-18H,1-2,5-8,11-12H2. The summed E-state index contributed by atoms with van der Waals surface area (Å²) in [5.41, 5.74) is -1.60. The minimum Gasteiger partial charge on any atom is -0.493 e. The molecule has 0 atom stereocenters. The van der Waals surface area contributed by atoms with Gasteiger partial charge in [0.25, 0.3) is 12.9 Å². The topological polar surface area (TPSA) is 18.5 Å². The van der Waals surface area contributed by atoms with Crippen LogP contribution in [0.1, 0.15) is 49.7 Å². The van der Waals surface area contributed by atoms with E-state index in [0.29, 0.717) is 25.7 Å². The van der Waals surface area contributed by atoms with Gasteiger partial charge in [0.05, 0.1) is 24.3 Å². The molecule has 1 aromatic carbocycles. The van der Waals surface area contributed by atoms with Gasteiger partial charge < -0.3 is 9.47 Å². The lowest BCUT2D eigenvalue weighted by atomic mass is 10.1. The Bertz CT molecular complexity index is 483. The van der Waals surface area contributed by atoms with Gasteiger partial charge in [-0.05, 0) is 37.8 Å². The highest BCUT2D eigenvalue weighted by Gasteiger charge is 2.28. The highest BCUT2D eigenvalue weighted by Crippen LogP contribution is 2.42. The van der Waals surface area contributed by atoms with Gasteiger partial charge in [-0.25, -0.2) is 17.6 Å². The molecule has 1 rings (SSSR count). The Morgan fingerprint density at radius 3 is 1.46 bits per heavy atom. The Morgan fingerprint density at radius 1 is 0.792 bits per heavy atom. The first-order valence-corrected chi connectivity index (χ1v) is 7.73. The van der Waals surface area contributed by atoms with Crippen molar-refractivity contribution in [1.29, 1.82) is 0 Å².